The number of rotatable bonds is 3. The Morgan fingerprint density at radius 3 is 3.00 bits per heavy atom. The van der Waals surface area contributed by atoms with E-state index in [0.717, 1.165) is 30.0 Å². The predicted molar refractivity (Wildman–Crippen MR) is 78.5 cm³/mol. The van der Waals surface area contributed by atoms with Crippen molar-refractivity contribution in [3.05, 3.63) is 41.3 Å². The summed E-state index contributed by atoms with van der Waals surface area (Å²) in [6.45, 7) is 2.26. The van der Waals surface area contributed by atoms with E-state index < -0.39 is 0 Å². The van der Waals surface area contributed by atoms with Crippen LogP contribution in [-0.4, -0.2) is 19.3 Å². The maximum Gasteiger partial charge on any atom is 0.147 e. The van der Waals surface area contributed by atoms with Crippen molar-refractivity contribution in [1.29, 1.82) is 0 Å². The highest BCUT2D eigenvalue weighted by Gasteiger charge is 2.31. The van der Waals surface area contributed by atoms with Crippen LogP contribution in [0.4, 0.5) is 5.69 Å². The quantitative estimate of drug-likeness (QED) is 0.928. The fourth-order valence-corrected chi connectivity index (χ4v) is 3.20. The molecule has 1 aromatic carbocycles. The maximum absolute atomic E-state index is 5.35. The molecule has 2 atom stereocenters. The molecule has 0 bridgehead atoms. The number of nitrogens with one attached hydrogen (secondary N) is 1. The fraction of sp³-hybridized carbons (Fsp3) is 0.438. The van der Waals surface area contributed by atoms with Crippen LogP contribution in [0.1, 0.15) is 42.0 Å². The first-order chi connectivity index (χ1) is 9.74. The second-order valence-electron chi connectivity index (χ2n) is 5.36. The highest BCUT2D eigenvalue weighted by atomic mass is 16.5. The first kappa shape index (κ1) is 13.0. The zero-order chi connectivity index (χ0) is 14.1. The Kier molecular flexibility index (Phi) is 3.38. The Morgan fingerprint density at radius 2 is 2.25 bits per heavy atom. The highest BCUT2D eigenvalue weighted by molar-refractivity contribution is 5.49. The fourth-order valence-electron chi connectivity index (χ4n) is 3.20. The molecule has 1 aliphatic carbocycles. The van der Waals surface area contributed by atoms with Gasteiger partial charge in [-0.3, -0.25) is 0 Å². The predicted octanol–water partition coefficient (Wildman–Crippen LogP) is 3.56. The lowest BCUT2D eigenvalue weighted by molar-refractivity contribution is 0.387. The number of benzene rings is 1. The van der Waals surface area contributed by atoms with Crippen molar-refractivity contribution in [1.82, 2.24) is 5.16 Å². The van der Waals surface area contributed by atoms with Gasteiger partial charge in [-0.15, -0.1) is 0 Å². The van der Waals surface area contributed by atoms with Crippen LogP contribution in [0.2, 0.25) is 0 Å². The summed E-state index contributed by atoms with van der Waals surface area (Å²) >= 11 is 0. The van der Waals surface area contributed by atoms with Crippen LogP contribution < -0.4 is 10.1 Å². The molecule has 0 spiro atoms. The lowest BCUT2D eigenvalue weighted by Crippen LogP contribution is -2.18. The van der Waals surface area contributed by atoms with Crippen molar-refractivity contribution in [3.63, 3.8) is 0 Å². The van der Waals surface area contributed by atoms with Crippen LogP contribution in [0.5, 0.6) is 5.75 Å². The number of methoxy groups -OCH3 is 1. The summed E-state index contributed by atoms with van der Waals surface area (Å²) in [5.74, 6) is 1.71. The Morgan fingerprint density at radius 1 is 1.40 bits per heavy atom. The summed E-state index contributed by atoms with van der Waals surface area (Å²) in [5, 5.41) is 7.37. The number of fused-ring (bicyclic) bond motifs is 1. The smallest absolute Gasteiger partial charge is 0.147 e. The maximum atomic E-state index is 5.35. The normalized spacial score (nSPS) is 21.4. The van der Waals surface area contributed by atoms with E-state index in [9.17, 15) is 0 Å². The largest absolute Gasteiger partial charge is 0.497 e. The molecular weight excluding hydrogens is 252 g/mol. The molecule has 0 aliphatic heterocycles. The number of hydrogen-bond acceptors (Lipinski definition) is 4. The molecule has 0 saturated carbocycles. The first-order valence-corrected chi connectivity index (χ1v) is 7.03. The van der Waals surface area contributed by atoms with E-state index in [0.29, 0.717) is 11.8 Å². The Bertz CT molecular complexity index is 606. The minimum atomic E-state index is 0.385. The summed E-state index contributed by atoms with van der Waals surface area (Å²) < 4.78 is 10.5. The van der Waals surface area contributed by atoms with Gasteiger partial charge in [-0.05, 0) is 42.0 Å². The monoisotopic (exact) mass is 272 g/mol. The van der Waals surface area contributed by atoms with Gasteiger partial charge in [0.05, 0.1) is 12.8 Å². The average Bonchev–Trinajstić information content (AvgIpc) is 2.95. The molecule has 1 N–H and O–H groups in total. The number of ether oxygens (including phenoxy) is 1. The average molecular weight is 272 g/mol. The SMILES string of the molecule is CNc1conc1C1CCc2ccc(OC)cc2C1C. The molecule has 4 heteroatoms. The van der Waals surface area contributed by atoms with Gasteiger partial charge >= 0.3 is 0 Å². The molecule has 1 heterocycles. The van der Waals surface area contributed by atoms with Crippen LogP contribution in [0.3, 0.4) is 0 Å². The highest BCUT2D eigenvalue weighted by Crippen LogP contribution is 2.44. The number of nitrogens with zero attached hydrogens (tertiary/aromatic N) is 1. The van der Waals surface area contributed by atoms with Gasteiger partial charge in [0.25, 0.3) is 0 Å². The number of aryl methyl sites for hydroxylation is 1. The van der Waals surface area contributed by atoms with Crippen molar-refractivity contribution in [2.75, 3.05) is 19.5 Å². The summed E-state index contributed by atoms with van der Waals surface area (Å²) in [5.41, 5.74) is 4.82. The van der Waals surface area contributed by atoms with E-state index in [-0.39, 0.29) is 0 Å². The van der Waals surface area contributed by atoms with Crippen molar-refractivity contribution in [2.24, 2.45) is 0 Å². The van der Waals surface area contributed by atoms with Gasteiger partial charge in [0, 0.05) is 13.0 Å². The third-order valence-electron chi connectivity index (χ3n) is 4.39. The van der Waals surface area contributed by atoms with Gasteiger partial charge in [0.15, 0.2) is 0 Å². The third-order valence-corrected chi connectivity index (χ3v) is 4.39. The molecule has 106 valence electrons. The minimum absolute atomic E-state index is 0.385. The zero-order valence-corrected chi connectivity index (χ0v) is 12.1. The molecule has 2 aromatic rings. The van der Waals surface area contributed by atoms with E-state index in [1.807, 2.05) is 13.1 Å². The molecule has 4 nitrogen and oxygen atoms in total. The van der Waals surface area contributed by atoms with E-state index in [1.165, 1.54) is 11.1 Å². The van der Waals surface area contributed by atoms with Gasteiger partial charge in [0.2, 0.25) is 0 Å². The molecule has 0 radical (unpaired) electrons. The Balaban J connectivity index is 1.97. The first-order valence-electron chi connectivity index (χ1n) is 7.03. The van der Waals surface area contributed by atoms with Crippen LogP contribution in [-0.2, 0) is 6.42 Å². The van der Waals surface area contributed by atoms with Crippen LogP contribution in [0, 0.1) is 0 Å². The van der Waals surface area contributed by atoms with Crippen LogP contribution in [0.25, 0.3) is 0 Å². The minimum Gasteiger partial charge on any atom is -0.497 e. The third kappa shape index (κ3) is 2.05. The van der Waals surface area contributed by atoms with Gasteiger partial charge in [-0.25, -0.2) is 0 Å². The van der Waals surface area contributed by atoms with Gasteiger partial charge < -0.3 is 14.6 Å². The van der Waals surface area contributed by atoms with Gasteiger partial charge in [-0.1, -0.05) is 18.1 Å². The summed E-state index contributed by atoms with van der Waals surface area (Å²) in [7, 11) is 3.62. The summed E-state index contributed by atoms with van der Waals surface area (Å²) in [6.07, 6.45) is 3.86. The van der Waals surface area contributed by atoms with Crippen molar-refractivity contribution < 1.29 is 9.26 Å². The molecule has 2 unspecified atom stereocenters. The molecule has 1 aromatic heterocycles. The van der Waals surface area contributed by atoms with Crippen molar-refractivity contribution in [2.45, 2.75) is 31.6 Å². The second kappa shape index (κ2) is 5.19. The Hall–Kier alpha value is -1.97. The van der Waals surface area contributed by atoms with Gasteiger partial charge in [0.1, 0.15) is 17.7 Å². The van der Waals surface area contributed by atoms with Crippen molar-refractivity contribution >= 4 is 5.69 Å². The van der Waals surface area contributed by atoms with E-state index in [4.69, 9.17) is 9.26 Å². The van der Waals surface area contributed by atoms with Crippen molar-refractivity contribution in [3.8, 4) is 5.75 Å². The molecule has 3 rings (SSSR count). The molecule has 0 fully saturated rings. The molecular formula is C16H20N2O2. The molecule has 20 heavy (non-hydrogen) atoms. The summed E-state index contributed by atoms with van der Waals surface area (Å²) in [4.78, 5) is 0. The standard InChI is InChI=1S/C16H20N2O2/c1-10-13(16-15(17-2)9-20-18-16)7-5-11-4-6-12(19-3)8-14(10)11/h4,6,8-10,13,17H,5,7H2,1-3H3. The Labute approximate surface area is 119 Å². The van der Waals surface area contributed by atoms with Crippen LogP contribution >= 0.6 is 0 Å². The molecule has 0 amide bonds. The lowest BCUT2D eigenvalue weighted by Gasteiger charge is -2.30. The lowest BCUT2D eigenvalue weighted by atomic mass is 9.74. The van der Waals surface area contributed by atoms with Crippen LogP contribution in [0.15, 0.2) is 29.0 Å². The second-order valence-corrected chi connectivity index (χ2v) is 5.36. The van der Waals surface area contributed by atoms with E-state index >= 15 is 0 Å². The topological polar surface area (TPSA) is 47.3 Å². The zero-order valence-electron chi connectivity index (χ0n) is 12.1. The number of aromatic nitrogens is 1. The number of hydrogen-bond donors (Lipinski definition) is 1. The van der Waals surface area contributed by atoms with E-state index in [2.05, 4.69) is 29.5 Å². The van der Waals surface area contributed by atoms with E-state index in [1.54, 1.807) is 13.4 Å². The van der Waals surface area contributed by atoms with Gasteiger partial charge in [-0.2, -0.15) is 0 Å². The summed E-state index contributed by atoms with van der Waals surface area (Å²) in [6, 6.07) is 6.38. The molecule has 1 aliphatic rings. The number of anilines is 1. The molecule has 0 saturated heterocycles.